The Bertz CT molecular complexity index is 44.0. The minimum atomic E-state index is 1.28. The maximum absolute atomic E-state index is 7.44. The first-order valence-electron chi connectivity index (χ1n) is 0.676. The fourth-order valence-electron chi connectivity index (χ4n) is 0. The van der Waals surface area contributed by atoms with Gasteiger partial charge in [0.2, 0.25) is 0 Å². The monoisotopic (exact) mass is 168 g/mol. The van der Waals surface area contributed by atoms with Crippen LogP contribution in [0.3, 0.4) is 0 Å². The molecule has 0 aliphatic heterocycles. The number of hydrogen-bond donors (Lipinski definition) is 0. The van der Waals surface area contributed by atoms with Crippen LogP contribution in [0.15, 0.2) is 0 Å². The molecule has 0 atom stereocenters. The molecule has 0 aliphatic carbocycles. The van der Waals surface area contributed by atoms with Crippen LogP contribution < -0.4 is 0 Å². The summed E-state index contributed by atoms with van der Waals surface area (Å²) in [5.41, 5.74) is 7.44. The number of rotatable bonds is 0. The summed E-state index contributed by atoms with van der Waals surface area (Å²) in [6.45, 7) is 0. The highest BCUT2D eigenvalue weighted by atomic mass is 127. The van der Waals surface area contributed by atoms with Crippen LogP contribution in [0.5, 0.6) is 0 Å². The average Bonchev–Trinajstić information content (AvgIpc) is 1.37. The van der Waals surface area contributed by atoms with Gasteiger partial charge in [-0.15, -0.1) is 0 Å². The van der Waals surface area contributed by atoms with Crippen molar-refractivity contribution in [3.8, 4) is 0 Å². The van der Waals surface area contributed by atoms with Crippen molar-refractivity contribution in [1.82, 2.24) is 0 Å². The fraction of sp³-hybridized carbons (Fsp3) is 0. The Morgan fingerprint density at radius 1 is 2.00 bits per heavy atom. The van der Waals surface area contributed by atoms with Gasteiger partial charge in [0.25, 0.3) is 0 Å². The molecule has 0 amide bonds. The summed E-state index contributed by atoms with van der Waals surface area (Å²) in [5.74, 6) is 0. The first-order chi connectivity index (χ1) is 1.91. The van der Waals surface area contributed by atoms with Crippen molar-refractivity contribution in [2.24, 2.45) is 0 Å². The highest BCUT2D eigenvalue weighted by molar-refractivity contribution is 14.1. The van der Waals surface area contributed by atoms with Gasteiger partial charge in [-0.1, -0.05) is 0 Å². The molecule has 0 unspecified atom stereocenters. The number of halogens is 1. The van der Waals surface area contributed by atoms with Gasteiger partial charge in [0.05, 0.1) is 0 Å². The molecule has 4 heavy (non-hydrogen) atoms. The van der Waals surface area contributed by atoms with Gasteiger partial charge >= 0.3 is 4.22 Å². The largest absolute Gasteiger partial charge is 0.361 e. The normalized spacial score (nSPS) is 4.25. The average molecular weight is 168 g/mol. The molecule has 0 fully saturated rings. The van der Waals surface area contributed by atoms with Gasteiger partial charge in [-0.2, -0.15) is 4.79 Å². The lowest BCUT2D eigenvalue weighted by molar-refractivity contribution is 0.00969. The Labute approximate surface area is 37.6 Å². The van der Waals surface area contributed by atoms with Gasteiger partial charge in [-0.25, -0.2) is 0 Å². The summed E-state index contributed by atoms with van der Waals surface area (Å²) in [7, 11) is 0. The van der Waals surface area contributed by atoms with Gasteiger partial charge in [0.1, 0.15) is 0 Å². The Balaban J connectivity index is 3.11. The fourth-order valence-corrected chi connectivity index (χ4v) is 0. The molecule has 0 spiro atoms. The highest BCUT2D eigenvalue weighted by Gasteiger charge is 1.42. The predicted molar refractivity (Wildman–Crippen MR) is 23.7 cm³/mol. The molecule has 0 bridgehead atoms. The second-order valence-corrected chi connectivity index (χ2v) is 0.770. The van der Waals surface area contributed by atoms with Crippen molar-refractivity contribution in [1.29, 1.82) is 0 Å². The van der Waals surface area contributed by atoms with Crippen LogP contribution >= 0.6 is 22.6 Å². The van der Waals surface area contributed by atoms with E-state index in [1.54, 1.807) is 0 Å². The summed E-state index contributed by atoms with van der Waals surface area (Å²) in [4.78, 5) is 2.60. The van der Waals surface area contributed by atoms with Crippen molar-refractivity contribution in [2.45, 2.75) is 0 Å². The van der Waals surface area contributed by atoms with Crippen LogP contribution in [0.2, 0.25) is 0 Å². The van der Waals surface area contributed by atoms with Crippen LogP contribution in [0.1, 0.15) is 0 Å². The second-order valence-electron chi connectivity index (χ2n) is 0.213. The van der Waals surface area contributed by atoms with E-state index in [0.717, 1.165) is 0 Å². The van der Waals surface area contributed by atoms with Gasteiger partial charge in [0, 0.05) is 22.6 Å². The summed E-state index contributed by atoms with van der Waals surface area (Å²) in [6.07, 6.45) is 0. The van der Waals surface area contributed by atoms with E-state index in [0.29, 0.717) is 0 Å². The van der Waals surface area contributed by atoms with Crippen molar-refractivity contribution in [2.75, 3.05) is 0 Å². The van der Waals surface area contributed by atoms with Gasteiger partial charge < -0.3 is 5.53 Å². The summed E-state index contributed by atoms with van der Waals surface area (Å²) in [6, 6.07) is 0. The van der Waals surface area contributed by atoms with E-state index >= 15 is 0 Å². The smallest absolute Gasteiger partial charge is 0.314 e. The molecule has 22 valence electrons. The Morgan fingerprint density at radius 3 is 2.25 bits per heavy atom. The van der Waals surface area contributed by atoms with E-state index in [-0.39, 0.29) is 0 Å². The second kappa shape index (κ2) is 3.11. The molecule has 3 heteroatoms. The zero-order valence-corrected chi connectivity index (χ0v) is 4.01. The summed E-state index contributed by atoms with van der Waals surface area (Å²) >= 11 is 1.81. The standard InChI is InChI=1S/CHIN2/c2-1-4-3/h1H. The Kier molecular flexibility index (Phi) is 3.20. The molecule has 0 aromatic carbocycles. The van der Waals surface area contributed by atoms with E-state index in [4.69, 9.17) is 5.53 Å². The van der Waals surface area contributed by atoms with Crippen LogP contribution in [0, 0.1) is 0 Å². The van der Waals surface area contributed by atoms with Gasteiger partial charge in [0.15, 0.2) is 0 Å². The molecule has 0 N–H and O–H groups in total. The Hall–Kier alpha value is 0.110. The van der Waals surface area contributed by atoms with Crippen molar-refractivity contribution < 1.29 is 4.79 Å². The molecule has 2 nitrogen and oxygen atoms in total. The first-order valence-corrected chi connectivity index (χ1v) is 1.92. The van der Waals surface area contributed by atoms with Crippen LogP contribution in [-0.2, 0) is 0 Å². The molecular weight excluding hydrogens is 167 g/mol. The van der Waals surface area contributed by atoms with E-state index in [1.165, 1.54) is 4.22 Å². The molecule has 0 aromatic rings. The summed E-state index contributed by atoms with van der Waals surface area (Å²) < 4.78 is 1.28. The summed E-state index contributed by atoms with van der Waals surface area (Å²) in [5, 5.41) is 0. The van der Waals surface area contributed by atoms with E-state index < -0.39 is 0 Å². The molecule has 0 aliphatic rings. The number of nitrogens with zero attached hydrogens (tertiary/aromatic N) is 2. The van der Waals surface area contributed by atoms with Crippen molar-refractivity contribution in [3.63, 3.8) is 0 Å². The predicted octanol–water partition coefficient (Wildman–Crippen LogP) is 0.679. The van der Waals surface area contributed by atoms with Gasteiger partial charge in [-0.3, -0.25) is 0 Å². The van der Waals surface area contributed by atoms with E-state index in [1.807, 2.05) is 22.6 Å². The van der Waals surface area contributed by atoms with Crippen LogP contribution in [0.25, 0.3) is 5.53 Å². The van der Waals surface area contributed by atoms with Crippen LogP contribution in [0.4, 0.5) is 0 Å². The third kappa shape index (κ3) is 2.11. The minimum absolute atomic E-state index is 1.28. The van der Waals surface area contributed by atoms with Gasteiger partial charge in [-0.05, 0) is 0 Å². The quantitative estimate of drug-likeness (QED) is 0.220. The lowest BCUT2D eigenvalue weighted by Crippen LogP contribution is -1.39. The maximum atomic E-state index is 7.44. The van der Waals surface area contributed by atoms with Crippen molar-refractivity contribution in [3.05, 3.63) is 5.53 Å². The number of hydrogen-bond acceptors (Lipinski definition) is 0. The lowest BCUT2D eigenvalue weighted by Gasteiger charge is -1.29. The molecular formula is CHIN2. The van der Waals surface area contributed by atoms with E-state index in [2.05, 4.69) is 4.79 Å². The van der Waals surface area contributed by atoms with Crippen molar-refractivity contribution >= 4 is 26.8 Å². The zero-order chi connectivity index (χ0) is 3.41. The molecule has 0 aromatic heterocycles. The first kappa shape index (κ1) is 4.11. The molecule has 0 heterocycles. The topological polar surface area (TPSA) is 36.4 Å². The molecule has 0 rings (SSSR count). The maximum Gasteiger partial charge on any atom is 0.314 e. The molecule has 0 radical (unpaired) electrons. The third-order valence-electron chi connectivity index (χ3n) is 0.0436. The highest BCUT2D eigenvalue weighted by Crippen LogP contribution is 1.55. The zero-order valence-electron chi connectivity index (χ0n) is 1.85. The lowest BCUT2D eigenvalue weighted by atomic mass is 11.8. The third-order valence-corrected chi connectivity index (χ3v) is 0.293. The minimum Gasteiger partial charge on any atom is -0.361 e. The van der Waals surface area contributed by atoms with E-state index in [9.17, 15) is 0 Å². The SMILES string of the molecule is [N-]=[N+]=CI. The van der Waals surface area contributed by atoms with Crippen LogP contribution in [-0.4, -0.2) is 9.01 Å². The molecule has 0 saturated heterocycles. The Morgan fingerprint density at radius 2 is 2.25 bits per heavy atom. The molecule has 0 saturated carbocycles.